The van der Waals surface area contributed by atoms with E-state index in [4.69, 9.17) is 11.6 Å². The summed E-state index contributed by atoms with van der Waals surface area (Å²) in [5.74, 6) is 5.61. The smallest absolute Gasteiger partial charge is 0.0772 e. The van der Waals surface area contributed by atoms with Crippen LogP contribution in [0.25, 0.3) is 0 Å². The molecule has 2 heteroatoms. The Morgan fingerprint density at radius 2 is 1.92 bits per heavy atom. The van der Waals surface area contributed by atoms with E-state index in [0.29, 0.717) is 17.8 Å². The largest absolute Gasteiger partial charge is 0.391 e. The summed E-state index contributed by atoms with van der Waals surface area (Å²) >= 11 is 6.71. The maximum absolute atomic E-state index is 10.2. The molecule has 6 aliphatic rings. The molecule has 1 unspecified atom stereocenters. The second-order valence-corrected chi connectivity index (χ2v) is 6.68. The van der Waals surface area contributed by atoms with Crippen LogP contribution in [0, 0.1) is 41.4 Å². The highest BCUT2D eigenvalue weighted by molar-refractivity contribution is 6.26. The first-order valence-corrected chi connectivity index (χ1v) is 5.99. The van der Waals surface area contributed by atoms with Crippen LogP contribution >= 0.6 is 11.6 Å². The lowest BCUT2D eigenvalue weighted by Gasteiger charge is -2.38. The van der Waals surface area contributed by atoms with Gasteiger partial charge in [-0.2, -0.15) is 0 Å². The zero-order valence-corrected chi connectivity index (χ0v) is 8.11. The van der Waals surface area contributed by atoms with Gasteiger partial charge < -0.3 is 5.11 Å². The number of rotatable bonds is 0. The van der Waals surface area contributed by atoms with Gasteiger partial charge in [-0.05, 0) is 54.3 Å². The first kappa shape index (κ1) is 6.68. The summed E-state index contributed by atoms with van der Waals surface area (Å²) in [6, 6.07) is 0. The third kappa shape index (κ3) is 0.379. The lowest BCUT2D eigenvalue weighted by molar-refractivity contribution is 0.121. The molecular weight excluding hydrogens is 184 g/mol. The van der Waals surface area contributed by atoms with Crippen molar-refractivity contribution in [2.45, 2.75) is 23.8 Å². The second kappa shape index (κ2) is 1.49. The Bertz CT molecular complexity index is 326. The first-order valence-electron chi connectivity index (χ1n) is 5.61. The van der Waals surface area contributed by atoms with Crippen LogP contribution in [0.2, 0.25) is 0 Å². The zero-order chi connectivity index (χ0) is 8.53. The zero-order valence-electron chi connectivity index (χ0n) is 7.36. The number of hydrogen-bond donors (Lipinski definition) is 1. The highest BCUT2D eigenvalue weighted by Gasteiger charge is 2.86. The molecule has 6 fully saturated rings. The topological polar surface area (TPSA) is 20.2 Å². The Hall–Kier alpha value is 0.250. The molecule has 0 spiro atoms. The third-order valence-electron chi connectivity index (χ3n) is 6.34. The van der Waals surface area contributed by atoms with Gasteiger partial charge in [-0.1, -0.05) is 0 Å². The van der Waals surface area contributed by atoms with E-state index < -0.39 is 0 Å². The van der Waals surface area contributed by atoms with Gasteiger partial charge in [-0.3, -0.25) is 0 Å². The van der Waals surface area contributed by atoms with Crippen molar-refractivity contribution >= 4 is 11.6 Å². The van der Waals surface area contributed by atoms with E-state index in [1.807, 2.05) is 0 Å². The average molecular weight is 197 g/mol. The van der Waals surface area contributed by atoms with Gasteiger partial charge in [0.15, 0.2) is 0 Å². The van der Waals surface area contributed by atoms with Crippen LogP contribution in [-0.2, 0) is 0 Å². The average Bonchev–Trinajstić information content (AvgIpc) is 2.73. The fourth-order valence-electron chi connectivity index (χ4n) is 6.50. The van der Waals surface area contributed by atoms with Crippen molar-refractivity contribution in [2.24, 2.45) is 41.4 Å². The van der Waals surface area contributed by atoms with E-state index in [2.05, 4.69) is 0 Å². The molecule has 70 valence electrons. The van der Waals surface area contributed by atoms with Gasteiger partial charge in [0.05, 0.1) is 11.0 Å². The van der Waals surface area contributed by atoms with Gasteiger partial charge in [-0.25, -0.2) is 0 Å². The molecule has 0 aromatic carbocycles. The fourth-order valence-corrected chi connectivity index (χ4v) is 7.21. The summed E-state index contributed by atoms with van der Waals surface area (Å²) < 4.78 is 0. The van der Waals surface area contributed by atoms with Crippen LogP contribution in [0.4, 0.5) is 0 Å². The highest BCUT2D eigenvalue weighted by Crippen LogP contribution is 2.85. The Morgan fingerprint density at radius 1 is 1.08 bits per heavy atom. The van der Waals surface area contributed by atoms with Gasteiger partial charge >= 0.3 is 0 Å². The van der Waals surface area contributed by atoms with Gasteiger partial charge in [0.1, 0.15) is 0 Å². The number of aliphatic hydroxyl groups excluding tert-OH is 1. The van der Waals surface area contributed by atoms with Crippen molar-refractivity contribution in [1.29, 1.82) is 0 Å². The number of hydrogen-bond acceptors (Lipinski definition) is 1. The monoisotopic (exact) mass is 196 g/mol. The molecule has 0 heterocycles. The van der Waals surface area contributed by atoms with Crippen LogP contribution in [0.1, 0.15) is 12.8 Å². The summed E-state index contributed by atoms with van der Waals surface area (Å²) in [5.41, 5.74) is 0. The molecule has 0 radical (unpaired) electrons. The van der Waals surface area contributed by atoms with Crippen LogP contribution in [-0.4, -0.2) is 16.1 Å². The van der Waals surface area contributed by atoms with Crippen LogP contribution in [0.5, 0.6) is 0 Å². The van der Waals surface area contributed by atoms with Crippen LogP contribution in [0.3, 0.4) is 0 Å². The molecule has 6 saturated carbocycles. The molecule has 9 atom stereocenters. The van der Waals surface area contributed by atoms with Crippen molar-refractivity contribution in [3.8, 4) is 0 Å². The SMILES string of the molecule is OC1[C@H]2[C@H]3C[C@H]4[C@@H]5C[C@H]([C@@H]42)[C@@]1(Cl)[C@@H]35. The second-order valence-electron chi connectivity index (χ2n) is 6.02. The molecule has 13 heavy (non-hydrogen) atoms. The van der Waals surface area contributed by atoms with E-state index in [9.17, 15) is 5.11 Å². The van der Waals surface area contributed by atoms with Crippen molar-refractivity contribution < 1.29 is 5.11 Å². The fraction of sp³-hybridized carbons (Fsp3) is 1.00. The Balaban J connectivity index is 1.90. The maximum Gasteiger partial charge on any atom is 0.0772 e. The van der Waals surface area contributed by atoms with E-state index >= 15 is 0 Å². The van der Waals surface area contributed by atoms with Crippen molar-refractivity contribution in [3.05, 3.63) is 0 Å². The molecule has 6 bridgehead atoms. The maximum atomic E-state index is 10.2. The van der Waals surface area contributed by atoms with Gasteiger partial charge in [-0.15, -0.1) is 11.6 Å². The van der Waals surface area contributed by atoms with Crippen molar-refractivity contribution in [2.75, 3.05) is 0 Å². The molecule has 0 aromatic rings. The standard InChI is InChI=1S/C11H13ClO/c12-11-6-2-4-3-1-5(9(4)11)8(7(3)6)10(11)13/h3-10,13H,1-2H2/t3-,4-,5+,6+,7+,8-,9+,10?,11+/m0/s1. The lowest BCUT2D eigenvalue weighted by Crippen LogP contribution is -2.41. The van der Waals surface area contributed by atoms with Gasteiger partial charge in [0.2, 0.25) is 0 Å². The summed E-state index contributed by atoms with van der Waals surface area (Å²) in [4.78, 5) is -0.141. The third-order valence-corrected chi connectivity index (χ3v) is 7.09. The molecule has 0 amide bonds. The van der Waals surface area contributed by atoms with E-state index in [1.54, 1.807) is 0 Å². The minimum Gasteiger partial charge on any atom is -0.391 e. The molecule has 0 aromatic heterocycles. The molecule has 0 aliphatic heterocycles. The predicted octanol–water partition coefficient (Wildman–Crippen LogP) is 1.49. The molecule has 1 N–H and O–H groups in total. The Morgan fingerprint density at radius 3 is 2.69 bits per heavy atom. The quantitative estimate of drug-likeness (QED) is 0.582. The molecule has 1 nitrogen and oxygen atoms in total. The highest BCUT2D eigenvalue weighted by atomic mass is 35.5. The summed E-state index contributed by atoms with van der Waals surface area (Å²) in [6.45, 7) is 0. The minimum atomic E-state index is -0.142. The van der Waals surface area contributed by atoms with Crippen molar-refractivity contribution in [3.63, 3.8) is 0 Å². The van der Waals surface area contributed by atoms with Crippen molar-refractivity contribution in [1.82, 2.24) is 0 Å². The summed E-state index contributed by atoms with van der Waals surface area (Å²) in [6.07, 6.45) is 2.62. The number of alkyl halides is 1. The first-order chi connectivity index (χ1) is 6.24. The summed E-state index contributed by atoms with van der Waals surface area (Å²) in [7, 11) is 0. The van der Waals surface area contributed by atoms with E-state index in [-0.39, 0.29) is 11.0 Å². The minimum absolute atomic E-state index is 0.141. The Labute approximate surface area is 82.5 Å². The van der Waals surface area contributed by atoms with E-state index in [1.165, 1.54) is 12.8 Å². The molecule has 0 saturated heterocycles. The summed E-state index contributed by atoms with van der Waals surface area (Å²) in [5, 5.41) is 10.2. The van der Waals surface area contributed by atoms with E-state index in [0.717, 1.165) is 23.7 Å². The Kier molecular flexibility index (Phi) is 0.766. The number of halogens is 1. The molecule has 6 aliphatic carbocycles. The van der Waals surface area contributed by atoms with Gasteiger partial charge in [0, 0.05) is 0 Å². The van der Waals surface area contributed by atoms with Gasteiger partial charge in [0.25, 0.3) is 0 Å². The predicted molar refractivity (Wildman–Crippen MR) is 48.3 cm³/mol. The molecular formula is C11H13ClO. The normalized spacial score (nSPS) is 85.4. The van der Waals surface area contributed by atoms with Crippen LogP contribution < -0.4 is 0 Å². The number of aliphatic hydroxyl groups is 1. The van der Waals surface area contributed by atoms with Crippen LogP contribution in [0.15, 0.2) is 0 Å². The lowest BCUT2D eigenvalue weighted by atomic mass is 9.71. The molecule has 6 rings (SSSR count).